The maximum absolute atomic E-state index is 12.8. The monoisotopic (exact) mass is 312 g/mol. The number of para-hydroxylation sites is 1. The van der Waals surface area contributed by atoms with E-state index in [1.807, 2.05) is 6.07 Å². The summed E-state index contributed by atoms with van der Waals surface area (Å²) in [6.07, 6.45) is 0.193. The second-order valence-corrected chi connectivity index (χ2v) is 6.55. The molecular formula is C13H20N4O3S. The molecule has 3 N–H and O–H groups in total. The fourth-order valence-corrected chi connectivity index (χ4v) is 3.71. The second-order valence-electron chi connectivity index (χ2n) is 4.70. The molecule has 0 aliphatic carbocycles. The van der Waals surface area contributed by atoms with Crippen LogP contribution in [0.5, 0.6) is 0 Å². The highest BCUT2D eigenvalue weighted by atomic mass is 32.2. The third-order valence-corrected chi connectivity index (χ3v) is 5.17. The van der Waals surface area contributed by atoms with E-state index in [1.165, 1.54) is 8.61 Å². The van der Waals surface area contributed by atoms with Gasteiger partial charge in [0.1, 0.15) is 0 Å². The minimum absolute atomic E-state index is 0.0342. The first-order valence-corrected chi connectivity index (χ1v) is 8.15. The van der Waals surface area contributed by atoms with Crippen LogP contribution in [0.2, 0.25) is 0 Å². The first-order valence-electron chi connectivity index (χ1n) is 6.75. The van der Waals surface area contributed by atoms with E-state index in [0.717, 1.165) is 0 Å². The molecule has 1 aliphatic rings. The van der Waals surface area contributed by atoms with Gasteiger partial charge in [-0.15, -0.1) is 0 Å². The van der Waals surface area contributed by atoms with Crippen LogP contribution in [-0.4, -0.2) is 51.4 Å². The van der Waals surface area contributed by atoms with Crippen molar-refractivity contribution < 1.29 is 13.2 Å². The highest BCUT2D eigenvalue weighted by molar-refractivity contribution is 7.90. The lowest BCUT2D eigenvalue weighted by Gasteiger charge is -2.33. The smallest absolute Gasteiger partial charge is 0.304 e. The Morgan fingerprint density at radius 1 is 1.29 bits per heavy atom. The molecule has 0 radical (unpaired) electrons. The highest BCUT2D eigenvalue weighted by Crippen LogP contribution is 2.21. The van der Waals surface area contributed by atoms with E-state index in [9.17, 15) is 8.42 Å². The summed E-state index contributed by atoms with van der Waals surface area (Å²) in [7, 11) is -3.64. The first kappa shape index (κ1) is 15.7. The molecule has 1 heterocycles. The molecule has 1 fully saturated rings. The number of nitrogens with zero attached hydrogens (tertiary/aromatic N) is 2. The van der Waals surface area contributed by atoms with E-state index in [1.54, 1.807) is 24.3 Å². The lowest BCUT2D eigenvalue weighted by molar-refractivity contribution is 0.0729. The van der Waals surface area contributed by atoms with Crippen molar-refractivity contribution in [3.63, 3.8) is 0 Å². The molecule has 7 nitrogen and oxygen atoms in total. The van der Waals surface area contributed by atoms with Gasteiger partial charge in [0.2, 0.25) is 0 Å². The quantitative estimate of drug-likeness (QED) is 0.586. The standard InChI is InChI=1S/C13H20N4O3S/c14-13(15)6-7-17(12-4-2-1-3-5-12)21(18,19)16-8-10-20-11-9-16/h1-5H,6-11H2,(H3,14,15). The van der Waals surface area contributed by atoms with Crippen molar-refractivity contribution in [2.45, 2.75) is 6.42 Å². The van der Waals surface area contributed by atoms with Crippen LogP contribution in [0, 0.1) is 5.41 Å². The molecule has 21 heavy (non-hydrogen) atoms. The average molecular weight is 312 g/mol. The van der Waals surface area contributed by atoms with Gasteiger partial charge in [0.25, 0.3) is 0 Å². The number of hydrogen-bond donors (Lipinski definition) is 2. The molecular weight excluding hydrogens is 292 g/mol. The maximum atomic E-state index is 12.8. The number of ether oxygens (including phenoxy) is 1. The maximum Gasteiger partial charge on any atom is 0.304 e. The summed E-state index contributed by atoms with van der Waals surface area (Å²) in [5.74, 6) is -0.0342. The van der Waals surface area contributed by atoms with Crippen LogP contribution in [0.4, 0.5) is 5.69 Å². The molecule has 1 aromatic rings. The van der Waals surface area contributed by atoms with Crippen LogP contribution in [0.25, 0.3) is 0 Å². The Morgan fingerprint density at radius 3 is 2.48 bits per heavy atom. The molecule has 116 valence electrons. The predicted molar refractivity (Wildman–Crippen MR) is 81.6 cm³/mol. The number of nitrogens with one attached hydrogen (secondary N) is 1. The normalized spacial score (nSPS) is 16.6. The van der Waals surface area contributed by atoms with Gasteiger partial charge in [0, 0.05) is 26.1 Å². The Bertz CT molecular complexity index is 570. The van der Waals surface area contributed by atoms with Crippen molar-refractivity contribution >= 4 is 21.7 Å². The van der Waals surface area contributed by atoms with Crippen LogP contribution in [0.15, 0.2) is 30.3 Å². The number of morpholine rings is 1. The predicted octanol–water partition coefficient (Wildman–Crippen LogP) is 0.396. The fraction of sp³-hybridized carbons (Fsp3) is 0.462. The summed E-state index contributed by atoms with van der Waals surface area (Å²) < 4.78 is 33.5. The zero-order valence-corrected chi connectivity index (χ0v) is 12.6. The molecule has 0 spiro atoms. The first-order chi connectivity index (χ1) is 10.0. The van der Waals surface area contributed by atoms with Crippen LogP contribution in [-0.2, 0) is 14.9 Å². The summed E-state index contributed by atoms with van der Waals surface area (Å²) in [5.41, 5.74) is 5.94. The van der Waals surface area contributed by atoms with Gasteiger partial charge in [-0.2, -0.15) is 12.7 Å². The van der Waals surface area contributed by atoms with Crippen LogP contribution in [0.3, 0.4) is 0 Å². The van der Waals surface area contributed by atoms with Gasteiger partial charge in [-0.3, -0.25) is 9.71 Å². The number of hydrogen-bond acceptors (Lipinski definition) is 4. The largest absolute Gasteiger partial charge is 0.388 e. The third kappa shape index (κ3) is 3.93. The van der Waals surface area contributed by atoms with E-state index in [0.29, 0.717) is 32.0 Å². The van der Waals surface area contributed by atoms with Gasteiger partial charge in [-0.1, -0.05) is 18.2 Å². The Labute approximate surface area is 125 Å². The number of amidine groups is 1. The fourth-order valence-electron chi connectivity index (χ4n) is 2.11. The average Bonchev–Trinajstić information content (AvgIpc) is 2.49. The lowest BCUT2D eigenvalue weighted by atomic mass is 10.3. The third-order valence-electron chi connectivity index (χ3n) is 3.20. The molecule has 0 bridgehead atoms. The molecule has 0 saturated carbocycles. The van der Waals surface area contributed by atoms with Crippen molar-refractivity contribution in [2.24, 2.45) is 5.73 Å². The molecule has 0 unspecified atom stereocenters. The van der Waals surface area contributed by atoms with Crippen molar-refractivity contribution in [3.8, 4) is 0 Å². The topological polar surface area (TPSA) is 99.7 Å². The van der Waals surface area contributed by atoms with E-state index < -0.39 is 10.2 Å². The molecule has 1 saturated heterocycles. The lowest BCUT2D eigenvalue weighted by Crippen LogP contribution is -2.49. The van der Waals surface area contributed by atoms with E-state index >= 15 is 0 Å². The molecule has 0 atom stereocenters. The van der Waals surface area contributed by atoms with Crippen LogP contribution in [0.1, 0.15) is 6.42 Å². The molecule has 0 aromatic heterocycles. The van der Waals surface area contributed by atoms with Gasteiger partial charge in [-0.25, -0.2) is 0 Å². The molecule has 8 heteroatoms. The Kier molecular flexibility index (Phi) is 5.16. The van der Waals surface area contributed by atoms with Crippen molar-refractivity contribution in [1.82, 2.24) is 4.31 Å². The molecule has 1 aromatic carbocycles. The van der Waals surface area contributed by atoms with Crippen LogP contribution >= 0.6 is 0 Å². The van der Waals surface area contributed by atoms with Gasteiger partial charge >= 0.3 is 10.2 Å². The van der Waals surface area contributed by atoms with Crippen LogP contribution < -0.4 is 10.0 Å². The summed E-state index contributed by atoms with van der Waals surface area (Å²) in [4.78, 5) is 0. The van der Waals surface area contributed by atoms with E-state index in [2.05, 4.69) is 0 Å². The highest BCUT2D eigenvalue weighted by Gasteiger charge is 2.31. The molecule has 0 amide bonds. The van der Waals surface area contributed by atoms with Gasteiger partial charge < -0.3 is 10.5 Å². The minimum atomic E-state index is -3.64. The van der Waals surface area contributed by atoms with Gasteiger partial charge in [0.05, 0.1) is 24.7 Å². The summed E-state index contributed by atoms with van der Waals surface area (Å²) in [6, 6.07) is 8.86. The molecule has 1 aliphatic heterocycles. The number of nitrogens with two attached hydrogens (primary N) is 1. The van der Waals surface area contributed by atoms with E-state index in [4.69, 9.17) is 15.9 Å². The summed E-state index contributed by atoms with van der Waals surface area (Å²) >= 11 is 0. The Morgan fingerprint density at radius 2 is 1.90 bits per heavy atom. The summed E-state index contributed by atoms with van der Waals surface area (Å²) in [5, 5.41) is 7.32. The Hall–Kier alpha value is -1.64. The molecule has 2 rings (SSSR count). The van der Waals surface area contributed by atoms with Crippen molar-refractivity contribution in [2.75, 3.05) is 37.2 Å². The Balaban J connectivity index is 2.27. The van der Waals surface area contributed by atoms with Crippen molar-refractivity contribution in [3.05, 3.63) is 30.3 Å². The zero-order chi connectivity index (χ0) is 15.3. The second kappa shape index (κ2) is 6.88. The number of rotatable bonds is 6. The minimum Gasteiger partial charge on any atom is -0.388 e. The zero-order valence-electron chi connectivity index (χ0n) is 11.7. The van der Waals surface area contributed by atoms with Gasteiger partial charge in [0.15, 0.2) is 0 Å². The number of benzene rings is 1. The van der Waals surface area contributed by atoms with E-state index in [-0.39, 0.29) is 18.8 Å². The van der Waals surface area contributed by atoms with Crippen molar-refractivity contribution in [1.29, 1.82) is 5.41 Å². The number of anilines is 1. The van der Waals surface area contributed by atoms with Gasteiger partial charge in [-0.05, 0) is 12.1 Å². The summed E-state index contributed by atoms with van der Waals surface area (Å²) in [6.45, 7) is 1.62. The SMILES string of the molecule is N=C(N)CCN(c1ccccc1)S(=O)(=O)N1CCOCC1.